The molecule has 11 nitrogen and oxygen atoms in total. The zero-order valence-corrected chi connectivity index (χ0v) is 15.1. The Balaban J connectivity index is 1.66. The van der Waals surface area contributed by atoms with Crippen LogP contribution in [0.2, 0.25) is 0 Å². The molecule has 1 fully saturated rings. The Morgan fingerprint density at radius 2 is 1.93 bits per heavy atom. The van der Waals surface area contributed by atoms with E-state index in [9.17, 15) is 14.4 Å². The highest BCUT2D eigenvalue weighted by Crippen LogP contribution is 2.27. The smallest absolute Gasteiger partial charge is 0.335 e. The van der Waals surface area contributed by atoms with Gasteiger partial charge in [-0.2, -0.15) is 4.74 Å². The molecule has 0 radical (unpaired) electrons. The van der Waals surface area contributed by atoms with Crippen molar-refractivity contribution in [2.75, 3.05) is 13.1 Å². The first-order valence-electron chi connectivity index (χ1n) is 8.72. The highest BCUT2D eigenvalue weighted by Gasteiger charge is 2.26. The van der Waals surface area contributed by atoms with Crippen molar-refractivity contribution in [1.29, 1.82) is 5.41 Å². The Hall–Kier alpha value is -3.76. The molecule has 3 aromatic rings. The number of carbonyl (C=O) groups excluding carboxylic acids is 3. The van der Waals surface area contributed by atoms with Crippen LogP contribution in [0, 0.1) is 5.41 Å². The topological polar surface area (TPSA) is 144 Å². The number of hydrogen-bond acceptors (Lipinski definition) is 5. The SMILES string of the molecule is Cn1c(C(=O)N2CCCC2)cc2on(-c3ccn(C(=O)NC(N)=O)c(=N)c3)c21. The number of nitrogens with one attached hydrogen (secondary N) is 2. The zero-order chi connectivity index (χ0) is 20.0. The Morgan fingerprint density at radius 3 is 2.57 bits per heavy atom. The van der Waals surface area contributed by atoms with Gasteiger partial charge in [0.2, 0.25) is 5.58 Å². The molecule has 0 spiro atoms. The summed E-state index contributed by atoms with van der Waals surface area (Å²) in [5.41, 5.74) is 7.04. The maximum Gasteiger partial charge on any atom is 0.335 e. The monoisotopic (exact) mass is 385 g/mol. The van der Waals surface area contributed by atoms with Gasteiger partial charge in [-0.05, 0) is 18.9 Å². The number of pyridine rings is 1. The molecule has 4 amide bonds. The van der Waals surface area contributed by atoms with Gasteiger partial charge in [0, 0.05) is 38.5 Å². The molecule has 4 heterocycles. The van der Waals surface area contributed by atoms with Crippen molar-refractivity contribution < 1.29 is 18.9 Å². The summed E-state index contributed by atoms with van der Waals surface area (Å²) in [5, 5.41) is 9.90. The standard InChI is InChI=1S/C17H19N7O4/c1-21-11(15(25)22-5-2-3-6-22)9-12-14(21)24(28-12)10-4-7-23(13(18)8-10)17(27)20-16(19)26/h4,7-9,18H,2-3,5-6H2,1H3,(H3,19,20,26,27). The van der Waals surface area contributed by atoms with Crippen molar-refractivity contribution in [3.8, 4) is 5.69 Å². The van der Waals surface area contributed by atoms with Crippen LogP contribution in [0.5, 0.6) is 0 Å². The van der Waals surface area contributed by atoms with Crippen molar-refractivity contribution in [3.05, 3.63) is 35.6 Å². The second-order valence-electron chi connectivity index (χ2n) is 6.60. The number of rotatable bonds is 2. The van der Waals surface area contributed by atoms with Crippen molar-refractivity contribution in [3.63, 3.8) is 0 Å². The maximum absolute atomic E-state index is 12.7. The van der Waals surface area contributed by atoms with Gasteiger partial charge in [-0.15, -0.1) is 0 Å². The van der Waals surface area contributed by atoms with Crippen molar-refractivity contribution >= 4 is 29.2 Å². The lowest BCUT2D eigenvalue weighted by Crippen LogP contribution is -2.41. The van der Waals surface area contributed by atoms with Gasteiger partial charge in [0.15, 0.2) is 5.65 Å². The van der Waals surface area contributed by atoms with Crippen molar-refractivity contribution in [2.24, 2.45) is 12.8 Å². The number of nitrogens with two attached hydrogens (primary N) is 1. The van der Waals surface area contributed by atoms with Crippen LogP contribution in [0.25, 0.3) is 16.9 Å². The van der Waals surface area contributed by atoms with Crippen LogP contribution in [0.3, 0.4) is 0 Å². The first-order valence-corrected chi connectivity index (χ1v) is 8.72. The van der Waals surface area contributed by atoms with Crippen molar-refractivity contribution in [2.45, 2.75) is 12.8 Å². The number of aryl methyl sites for hydroxylation is 1. The molecule has 0 aromatic carbocycles. The van der Waals surface area contributed by atoms with E-state index >= 15 is 0 Å². The second-order valence-corrected chi connectivity index (χ2v) is 6.60. The average Bonchev–Trinajstić information content (AvgIpc) is 3.21. The summed E-state index contributed by atoms with van der Waals surface area (Å²) < 4.78 is 9.80. The molecule has 1 aliphatic rings. The number of aromatic nitrogens is 3. The first-order chi connectivity index (χ1) is 13.4. The number of likely N-dealkylation sites (tertiary alicyclic amines) is 1. The predicted octanol–water partition coefficient (Wildman–Crippen LogP) is 0.715. The molecule has 3 aromatic heterocycles. The minimum absolute atomic E-state index is 0.0341. The van der Waals surface area contributed by atoms with Gasteiger partial charge in [-0.1, -0.05) is 0 Å². The van der Waals surface area contributed by atoms with Crippen LogP contribution >= 0.6 is 0 Å². The third kappa shape index (κ3) is 2.76. The van der Waals surface area contributed by atoms with Crippen molar-refractivity contribution in [1.82, 2.24) is 24.1 Å². The average molecular weight is 385 g/mol. The van der Waals surface area contributed by atoms with Gasteiger partial charge < -0.3 is 19.7 Å². The van der Waals surface area contributed by atoms with Gasteiger partial charge in [0.05, 0.1) is 5.69 Å². The molecule has 1 aliphatic heterocycles. The van der Waals surface area contributed by atoms with E-state index in [0.717, 1.165) is 30.5 Å². The van der Waals surface area contributed by atoms with E-state index < -0.39 is 12.1 Å². The Kier molecular flexibility index (Phi) is 4.06. The third-order valence-electron chi connectivity index (χ3n) is 4.78. The molecule has 0 saturated carbocycles. The van der Waals surface area contributed by atoms with Gasteiger partial charge in [0.1, 0.15) is 11.2 Å². The van der Waals surface area contributed by atoms with Crippen LogP contribution in [-0.4, -0.2) is 49.8 Å². The molecular formula is C17H19N7O4. The summed E-state index contributed by atoms with van der Waals surface area (Å²) in [5.74, 6) is -0.0341. The molecule has 4 rings (SSSR count). The van der Waals surface area contributed by atoms with Crippen LogP contribution < -0.4 is 16.5 Å². The number of carbonyl (C=O) groups is 3. The van der Waals surface area contributed by atoms with E-state index in [0.29, 0.717) is 22.6 Å². The summed E-state index contributed by atoms with van der Waals surface area (Å²) >= 11 is 0. The summed E-state index contributed by atoms with van der Waals surface area (Å²) in [7, 11) is 1.78. The number of primary amides is 1. The fourth-order valence-corrected chi connectivity index (χ4v) is 3.39. The van der Waals surface area contributed by atoms with Crippen LogP contribution in [0.1, 0.15) is 23.3 Å². The van der Waals surface area contributed by atoms with E-state index in [1.54, 1.807) is 23.7 Å². The lowest BCUT2D eigenvalue weighted by Gasteiger charge is -2.16. The number of hydrogen-bond donors (Lipinski definition) is 3. The number of nitrogens with zero attached hydrogens (tertiary/aromatic N) is 4. The number of fused-ring (bicyclic) bond motifs is 1. The molecule has 28 heavy (non-hydrogen) atoms. The molecular weight excluding hydrogens is 366 g/mol. The van der Waals surface area contributed by atoms with E-state index in [2.05, 4.69) is 0 Å². The molecule has 1 saturated heterocycles. The Labute approximate surface area is 158 Å². The Bertz CT molecular complexity index is 1160. The Morgan fingerprint density at radius 1 is 1.21 bits per heavy atom. The number of imide groups is 1. The van der Waals surface area contributed by atoms with Gasteiger partial charge >= 0.3 is 12.1 Å². The number of amides is 4. The normalized spacial score (nSPS) is 14.0. The highest BCUT2D eigenvalue weighted by molar-refractivity contribution is 5.97. The van der Waals surface area contributed by atoms with Crippen LogP contribution in [0.15, 0.2) is 28.9 Å². The van der Waals surface area contributed by atoms with E-state index in [1.165, 1.54) is 17.0 Å². The fraction of sp³-hybridized carbons (Fsp3) is 0.294. The maximum atomic E-state index is 12.7. The summed E-state index contributed by atoms with van der Waals surface area (Å²) in [6.07, 6.45) is 3.35. The quantitative estimate of drug-likeness (QED) is 0.597. The van der Waals surface area contributed by atoms with Crippen LogP contribution in [-0.2, 0) is 7.05 Å². The van der Waals surface area contributed by atoms with Crippen LogP contribution in [0.4, 0.5) is 9.59 Å². The summed E-state index contributed by atoms with van der Waals surface area (Å²) in [6.45, 7) is 1.51. The largest absolute Gasteiger partial charge is 0.369 e. The molecule has 11 heteroatoms. The third-order valence-corrected chi connectivity index (χ3v) is 4.78. The minimum atomic E-state index is -1.00. The van der Waals surface area contributed by atoms with Gasteiger partial charge in [0.25, 0.3) is 5.91 Å². The second kappa shape index (κ2) is 6.44. The molecule has 0 atom stereocenters. The van der Waals surface area contributed by atoms with E-state index in [-0.39, 0.29) is 11.4 Å². The summed E-state index contributed by atoms with van der Waals surface area (Å²) in [6, 6.07) is 2.83. The minimum Gasteiger partial charge on any atom is -0.369 e. The zero-order valence-electron chi connectivity index (χ0n) is 15.1. The molecule has 4 N–H and O–H groups in total. The molecule has 0 aliphatic carbocycles. The lowest BCUT2D eigenvalue weighted by atomic mass is 10.3. The van der Waals surface area contributed by atoms with Gasteiger partial charge in [-0.3, -0.25) is 20.1 Å². The molecule has 0 bridgehead atoms. The highest BCUT2D eigenvalue weighted by atomic mass is 16.5. The first kappa shape index (κ1) is 17.6. The lowest BCUT2D eigenvalue weighted by molar-refractivity contribution is 0.0783. The molecule has 146 valence electrons. The summed E-state index contributed by atoms with van der Waals surface area (Å²) in [4.78, 5) is 37.1. The van der Waals surface area contributed by atoms with E-state index in [1.807, 2.05) is 10.2 Å². The van der Waals surface area contributed by atoms with E-state index in [4.69, 9.17) is 15.7 Å². The van der Waals surface area contributed by atoms with Gasteiger partial charge in [-0.25, -0.2) is 9.59 Å². The predicted molar refractivity (Wildman–Crippen MR) is 97.0 cm³/mol. The fourth-order valence-electron chi connectivity index (χ4n) is 3.39. The number of urea groups is 1. The molecule has 0 unspecified atom stereocenters.